The molecule has 3 rings (SSSR count). The van der Waals surface area contributed by atoms with Gasteiger partial charge in [0.1, 0.15) is 17.5 Å². The van der Waals surface area contributed by atoms with Gasteiger partial charge in [0.2, 0.25) is 5.95 Å². The van der Waals surface area contributed by atoms with Crippen LogP contribution in [0.25, 0.3) is 0 Å². The maximum Gasteiger partial charge on any atom is 0.339 e. The molecule has 0 spiro atoms. The Balaban J connectivity index is 1.97. The SMILES string of the molecule is COC(=O)c1ccccc1C#Cc1c(Cl)nc(N)nc1N[C@@H]1C[C@H](CO)[C@@H](O)[C@H]1O. The van der Waals surface area contributed by atoms with Crippen LogP contribution in [0, 0.1) is 17.8 Å². The average Bonchev–Trinajstić information content (AvgIpc) is 3.00. The van der Waals surface area contributed by atoms with Crippen LogP contribution in [0.3, 0.4) is 0 Å². The number of nitrogens with two attached hydrogens (primary N) is 1. The molecule has 1 saturated carbocycles. The number of ether oxygens (including phenoxy) is 1. The van der Waals surface area contributed by atoms with E-state index < -0.39 is 30.1 Å². The van der Waals surface area contributed by atoms with Gasteiger partial charge < -0.3 is 31.1 Å². The maximum absolute atomic E-state index is 11.9. The second-order valence-corrected chi connectivity index (χ2v) is 7.15. The van der Waals surface area contributed by atoms with Crippen LogP contribution in [0.2, 0.25) is 5.15 Å². The van der Waals surface area contributed by atoms with Gasteiger partial charge in [0, 0.05) is 18.1 Å². The van der Waals surface area contributed by atoms with Gasteiger partial charge in [0.15, 0.2) is 5.15 Å². The Kier molecular flexibility index (Phi) is 6.74. The third kappa shape index (κ3) is 4.47. The van der Waals surface area contributed by atoms with Gasteiger partial charge in [-0.2, -0.15) is 9.97 Å². The molecule has 1 aromatic heterocycles. The zero-order chi connectivity index (χ0) is 21.8. The summed E-state index contributed by atoms with van der Waals surface area (Å²) in [6.45, 7) is -0.264. The van der Waals surface area contributed by atoms with Crippen molar-refractivity contribution in [2.75, 3.05) is 24.8 Å². The van der Waals surface area contributed by atoms with E-state index in [1.165, 1.54) is 7.11 Å². The van der Waals surface area contributed by atoms with E-state index in [1.54, 1.807) is 24.3 Å². The van der Waals surface area contributed by atoms with Crippen LogP contribution in [0.15, 0.2) is 24.3 Å². The first kappa shape index (κ1) is 21.8. The van der Waals surface area contributed by atoms with E-state index >= 15 is 0 Å². The molecule has 10 heteroatoms. The third-order valence-corrected chi connectivity index (χ3v) is 5.17. The Labute approximate surface area is 177 Å². The number of rotatable bonds is 4. The van der Waals surface area contributed by atoms with E-state index in [2.05, 4.69) is 27.1 Å². The number of methoxy groups -OCH3 is 1. The fourth-order valence-corrected chi connectivity index (χ4v) is 3.52. The number of hydrogen-bond acceptors (Lipinski definition) is 9. The summed E-state index contributed by atoms with van der Waals surface area (Å²) in [5, 5.41) is 32.6. The standard InChI is InChI=1S/C20H21ClN4O5/c1-30-19(29)12-5-3-2-4-10(12)6-7-13-17(21)24-20(22)25-18(13)23-14-8-11(9-26)15(27)16(14)28/h2-5,11,14-16,26-28H,8-9H2,1H3,(H3,22,23,24,25)/t11-,14-,15-,16+/m1/s1. The molecule has 30 heavy (non-hydrogen) atoms. The lowest BCUT2D eigenvalue weighted by atomic mass is 10.1. The van der Waals surface area contributed by atoms with Gasteiger partial charge >= 0.3 is 5.97 Å². The van der Waals surface area contributed by atoms with Crippen LogP contribution in [0.5, 0.6) is 0 Å². The Morgan fingerprint density at radius 2 is 2.03 bits per heavy atom. The highest BCUT2D eigenvalue weighted by Crippen LogP contribution is 2.30. The zero-order valence-corrected chi connectivity index (χ0v) is 16.8. The molecule has 4 atom stereocenters. The fraction of sp³-hybridized carbons (Fsp3) is 0.350. The van der Waals surface area contributed by atoms with Crippen LogP contribution in [-0.4, -0.2) is 63.2 Å². The van der Waals surface area contributed by atoms with E-state index in [0.717, 1.165) is 0 Å². The second kappa shape index (κ2) is 9.28. The summed E-state index contributed by atoms with van der Waals surface area (Å²) >= 11 is 6.22. The summed E-state index contributed by atoms with van der Waals surface area (Å²) < 4.78 is 4.77. The lowest BCUT2D eigenvalue weighted by molar-refractivity contribution is 0.00445. The minimum atomic E-state index is -1.13. The molecule has 0 amide bonds. The number of esters is 1. The molecule has 0 unspecified atom stereocenters. The minimum absolute atomic E-state index is 0.0141. The van der Waals surface area contributed by atoms with Crippen molar-refractivity contribution in [3.05, 3.63) is 46.1 Å². The number of aliphatic hydroxyl groups excluding tert-OH is 3. The molecule has 6 N–H and O–H groups in total. The molecule has 0 aliphatic heterocycles. The van der Waals surface area contributed by atoms with Crippen molar-refractivity contribution in [1.29, 1.82) is 0 Å². The molecular weight excluding hydrogens is 412 g/mol. The van der Waals surface area contributed by atoms with Crippen molar-refractivity contribution in [2.45, 2.75) is 24.7 Å². The number of nitrogen functional groups attached to an aromatic ring is 1. The van der Waals surface area contributed by atoms with E-state index in [4.69, 9.17) is 22.1 Å². The van der Waals surface area contributed by atoms with Gasteiger partial charge in [-0.3, -0.25) is 0 Å². The quantitative estimate of drug-likeness (QED) is 0.263. The van der Waals surface area contributed by atoms with Crippen molar-refractivity contribution in [1.82, 2.24) is 9.97 Å². The number of carbonyl (C=O) groups excluding carboxylic acids is 1. The smallest absolute Gasteiger partial charge is 0.339 e. The Morgan fingerprint density at radius 1 is 1.30 bits per heavy atom. The first-order chi connectivity index (χ1) is 14.3. The molecule has 1 aromatic carbocycles. The predicted molar refractivity (Wildman–Crippen MR) is 110 cm³/mol. The predicted octanol–water partition coefficient (Wildman–Crippen LogP) is 0.413. The molecule has 1 aliphatic carbocycles. The summed E-state index contributed by atoms with van der Waals surface area (Å²) in [5.74, 6) is 4.77. The highest BCUT2D eigenvalue weighted by atomic mass is 35.5. The van der Waals surface area contributed by atoms with Crippen molar-refractivity contribution in [3.8, 4) is 11.8 Å². The monoisotopic (exact) mass is 432 g/mol. The molecule has 0 radical (unpaired) electrons. The first-order valence-corrected chi connectivity index (χ1v) is 9.49. The highest BCUT2D eigenvalue weighted by Gasteiger charge is 2.41. The van der Waals surface area contributed by atoms with E-state index in [1.807, 2.05) is 0 Å². The molecule has 1 heterocycles. The Morgan fingerprint density at radius 3 is 2.70 bits per heavy atom. The van der Waals surface area contributed by atoms with Gasteiger partial charge in [-0.15, -0.1) is 0 Å². The summed E-state index contributed by atoms with van der Waals surface area (Å²) in [7, 11) is 1.28. The summed E-state index contributed by atoms with van der Waals surface area (Å²) in [6.07, 6.45) is -1.90. The first-order valence-electron chi connectivity index (χ1n) is 9.11. The number of carbonyl (C=O) groups is 1. The number of benzene rings is 1. The van der Waals surface area contributed by atoms with Gasteiger partial charge in [-0.1, -0.05) is 35.6 Å². The third-order valence-electron chi connectivity index (χ3n) is 4.90. The van der Waals surface area contributed by atoms with Gasteiger partial charge in [-0.05, 0) is 18.6 Å². The number of halogens is 1. The van der Waals surface area contributed by atoms with Crippen molar-refractivity contribution in [2.24, 2.45) is 5.92 Å². The highest BCUT2D eigenvalue weighted by molar-refractivity contribution is 6.31. The number of nitrogens with zero attached hydrogens (tertiary/aromatic N) is 2. The Hall–Kier alpha value is -2.90. The lowest BCUT2D eigenvalue weighted by Crippen LogP contribution is -2.35. The summed E-state index contributed by atoms with van der Waals surface area (Å²) in [5.41, 5.74) is 6.61. The minimum Gasteiger partial charge on any atom is -0.465 e. The molecule has 0 bridgehead atoms. The molecule has 1 aliphatic rings. The lowest BCUT2D eigenvalue weighted by Gasteiger charge is -2.19. The van der Waals surface area contributed by atoms with Gasteiger partial charge in [0.05, 0.1) is 24.8 Å². The van der Waals surface area contributed by atoms with Crippen molar-refractivity contribution < 1.29 is 24.9 Å². The van der Waals surface area contributed by atoms with Crippen LogP contribution >= 0.6 is 11.6 Å². The molecule has 158 valence electrons. The molecule has 2 aromatic rings. The molecule has 1 fully saturated rings. The molecule has 9 nitrogen and oxygen atoms in total. The second-order valence-electron chi connectivity index (χ2n) is 6.79. The summed E-state index contributed by atoms with van der Waals surface area (Å²) in [6, 6.07) is 6.05. The number of aliphatic hydroxyl groups is 3. The number of nitrogens with one attached hydrogen (secondary N) is 1. The number of hydrogen-bond donors (Lipinski definition) is 5. The van der Waals surface area contributed by atoms with Crippen molar-refractivity contribution in [3.63, 3.8) is 0 Å². The topological polar surface area (TPSA) is 151 Å². The van der Waals surface area contributed by atoms with Crippen LogP contribution in [0.4, 0.5) is 11.8 Å². The fourth-order valence-electron chi connectivity index (χ4n) is 3.30. The Bertz CT molecular complexity index is 1010. The van der Waals surface area contributed by atoms with Crippen LogP contribution < -0.4 is 11.1 Å². The average molecular weight is 433 g/mol. The number of anilines is 2. The van der Waals surface area contributed by atoms with E-state index in [9.17, 15) is 20.1 Å². The van der Waals surface area contributed by atoms with Gasteiger partial charge in [0.25, 0.3) is 0 Å². The molecule has 0 saturated heterocycles. The van der Waals surface area contributed by atoms with Gasteiger partial charge in [-0.25, -0.2) is 4.79 Å². The van der Waals surface area contributed by atoms with E-state index in [0.29, 0.717) is 12.0 Å². The maximum atomic E-state index is 11.9. The summed E-state index contributed by atoms with van der Waals surface area (Å²) in [4.78, 5) is 20.0. The van der Waals surface area contributed by atoms with Crippen LogP contribution in [-0.2, 0) is 4.74 Å². The molecular formula is C20H21ClN4O5. The number of aromatic nitrogens is 2. The van der Waals surface area contributed by atoms with E-state index in [-0.39, 0.29) is 34.7 Å². The zero-order valence-electron chi connectivity index (χ0n) is 16.0. The van der Waals surface area contributed by atoms with Crippen molar-refractivity contribution >= 4 is 29.3 Å². The largest absolute Gasteiger partial charge is 0.465 e. The normalized spacial score (nSPS) is 22.8. The van der Waals surface area contributed by atoms with Crippen LogP contribution in [0.1, 0.15) is 27.9 Å².